The minimum atomic E-state index is 0.993. The maximum absolute atomic E-state index is 2.57. The van der Waals surface area contributed by atoms with Gasteiger partial charge in [0.15, 0.2) is 0 Å². The summed E-state index contributed by atoms with van der Waals surface area (Å²) < 4.78 is 0. The summed E-state index contributed by atoms with van der Waals surface area (Å²) in [6.07, 6.45) is 11.5. The van der Waals surface area contributed by atoms with E-state index in [1.54, 1.807) is 19.3 Å². The average Bonchev–Trinajstić information content (AvgIpc) is 3.10. The molecular weight excluding hydrogens is 216 g/mol. The zero-order chi connectivity index (χ0) is 12.0. The highest BCUT2D eigenvalue weighted by molar-refractivity contribution is 5.17. The SMILES string of the molecule is CC1C2CC(C3CC4C5C=CC(C5)C4CC23)[C@H]1C. The van der Waals surface area contributed by atoms with Crippen molar-refractivity contribution in [2.45, 2.75) is 39.5 Å². The number of hydrogen-bond donors (Lipinski definition) is 0. The van der Waals surface area contributed by atoms with Crippen LogP contribution in [-0.4, -0.2) is 0 Å². The fourth-order valence-corrected chi connectivity index (χ4v) is 7.34. The van der Waals surface area contributed by atoms with Crippen LogP contribution >= 0.6 is 0 Å². The lowest BCUT2D eigenvalue weighted by Gasteiger charge is -2.47. The van der Waals surface area contributed by atoms with Gasteiger partial charge in [-0.1, -0.05) is 26.0 Å². The molecule has 0 aliphatic heterocycles. The molecule has 0 heteroatoms. The third-order valence-corrected chi connectivity index (χ3v) is 8.26. The van der Waals surface area contributed by atoms with Crippen molar-refractivity contribution in [1.82, 2.24) is 0 Å². The van der Waals surface area contributed by atoms with Crippen molar-refractivity contribution in [3.8, 4) is 0 Å². The van der Waals surface area contributed by atoms with Crippen molar-refractivity contribution < 1.29 is 0 Å². The van der Waals surface area contributed by atoms with Gasteiger partial charge in [-0.15, -0.1) is 0 Å². The molecule has 0 saturated heterocycles. The molecule has 0 amide bonds. The van der Waals surface area contributed by atoms with Crippen molar-refractivity contribution in [3.63, 3.8) is 0 Å². The largest absolute Gasteiger partial charge is 0.0848 e. The summed E-state index contributed by atoms with van der Waals surface area (Å²) in [5.74, 6) is 10.7. The Kier molecular flexibility index (Phi) is 1.90. The lowest BCUT2D eigenvalue weighted by Crippen LogP contribution is -2.41. The number of fused-ring (bicyclic) bond motifs is 10. The Morgan fingerprint density at radius 3 is 1.50 bits per heavy atom. The highest BCUT2D eigenvalue weighted by Gasteiger charge is 2.60. The molecule has 0 radical (unpaired) electrons. The Hall–Kier alpha value is -0.260. The summed E-state index contributed by atoms with van der Waals surface area (Å²) in [4.78, 5) is 0. The molecule has 0 heterocycles. The van der Waals surface area contributed by atoms with Crippen molar-refractivity contribution in [1.29, 1.82) is 0 Å². The fourth-order valence-electron chi connectivity index (χ4n) is 7.34. The molecule has 5 aliphatic rings. The predicted molar refractivity (Wildman–Crippen MR) is 73.9 cm³/mol. The van der Waals surface area contributed by atoms with Gasteiger partial charge in [0, 0.05) is 0 Å². The molecule has 5 aliphatic carbocycles. The van der Waals surface area contributed by atoms with Gasteiger partial charge in [-0.3, -0.25) is 0 Å². The Balaban J connectivity index is 1.48. The molecule has 0 spiro atoms. The van der Waals surface area contributed by atoms with Gasteiger partial charge in [0.1, 0.15) is 0 Å². The van der Waals surface area contributed by atoms with Gasteiger partial charge in [0.25, 0.3) is 0 Å². The number of rotatable bonds is 0. The second-order valence-electron chi connectivity index (χ2n) is 8.36. The van der Waals surface area contributed by atoms with Gasteiger partial charge in [0.2, 0.25) is 0 Å². The molecule has 0 aromatic heterocycles. The van der Waals surface area contributed by atoms with Gasteiger partial charge in [-0.25, -0.2) is 0 Å². The second-order valence-corrected chi connectivity index (χ2v) is 8.36. The van der Waals surface area contributed by atoms with Gasteiger partial charge in [0.05, 0.1) is 0 Å². The summed E-state index contributed by atoms with van der Waals surface area (Å²) in [5.41, 5.74) is 0. The van der Waals surface area contributed by atoms with Gasteiger partial charge in [-0.05, 0) is 84.9 Å². The zero-order valence-electron chi connectivity index (χ0n) is 11.8. The average molecular weight is 242 g/mol. The molecule has 5 rings (SSSR count). The lowest BCUT2D eigenvalue weighted by molar-refractivity contribution is 0.0207. The Morgan fingerprint density at radius 2 is 1.00 bits per heavy atom. The molecule has 9 unspecified atom stereocenters. The Bertz CT molecular complexity index is 372. The molecule has 4 bridgehead atoms. The molecule has 0 nitrogen and oxygen atoms in total. The molecule has 18 heavy (non-hydrogen) atoms. The minimum absolute atomic E-state index is 0.993. The van der Waals surface area contributed by atoms with E-state index in [9.17, 15) is 0 Å². The van der Waals surface area contributed by atoms with E-state index in [0.717, 1.165) is 59.2 Å². The summed E-state index contributed by atoms with van der Waals surface area (Å²) in [6.45, 7) is 5.11. The van der Waals surface area contributed by atoms with E-state index < -0.39 is 0 Å². The molecule has 0 aromatic carbocycles. The summed E-state index contributed by atoms with van der Waals surface area (Å²) >= 11 is 0. The molecule has 10 atom stereocenters. The topological polar surface area (TPSA) is 0 Å². The standard InChI is InChI=1S/C18H26/c1-9-10(2)14-6-13(9)17-7-15-11-3-4-12(5-11)16(15)8-18(14)17/h3-4,9-18H,5-8H2,1-2H3/t9-,10?,11?,12?,13?,14?,15?,16?,17?,18?/m0/s1. The summed E-state index contributed by atoms with van der Waals surface area (Å²) in [5, 5.41) is 0. The smallest absolute Gasteiger partial charge is 0.0196 e. The van der Waals surface area contributed by atoms with Crippen molar-refractivity contribution in [3.05, 3.63) is 12.2 Å². The maximum Gasteiger partial charge on any atom is -0.0196 e. The summed E-state index contributed by atoms with van der Waals surface area (Å²) in [7, 11) is 0. The fraction of sp³-hybridized carbons (Fsp3) is 0.889. The van der Waals surface area contributed by atoms with Crippen LogP contribution in [0.2, 0.25) is 0 Å². The van der Waals surface area contributed by atoms with Crippen LogP contribution in [0.1, 0.15) is 39.5 Å². The van der Waals surface area contributed by atoms with E-state index in [0.29, 0.717) is 0 Å². The van der Waals surface area contributed by atoms with Gasteiger partial charge in [-0.2, -0.15) is 0 Å². The second kappa shape index (κ2) is 3.25. The predicted octanol–water partition coefficient (Wildman–Crippen LogP) is 4.37. The van der Waals surface area contributed by atoms with Crippen LogP contribution in [-0.2, 0) is 0 Å². The van der Waals surface area contributed by atoms with Crippen LogP contribution in [0.5, 0.6) is 0 Å². The van der Waals surface area contributed by atoms with E-state index in [-0.39, 0.29) is 0 Å². The van der Waals surface area contributed by atoms with Crippen LogP contribution < -0.4 is 0 Å². The highest BCUT2D eigenvalue weighted by atomic mass is 14.6. The van der Waals surface area contributed by atoms with Crippen LogP contribution in [0, 0.1) is 59.2 Å². The molecule has 4 saturated carbocycles. The Labute approximate surface area is 111 Å². The first-order valence-electron chi connectivity index (χ1n) is 8.42. The van der Waals surface area contributed by atoms with Crippen molar-refractivity contribution in [2.75, 3.05) is 0 Å². The molecule has 98 valence electrons. The monoisotopic (exact) mass is 242 g/mol. The minimum Gasteiger partial charge on any atom is -0.0848 e. The van der Waals surface area contributed by atoms with Crippen LogP contribution in [0.25, 0.3) is 0 Å². The van der Waals surface area contributed by atoms with E-state index >= 15 is 0 Å². The molecule has 0 N–H and O–H groups in total. The molecule has 0 aromatic rings. The van der Waals surface area contributed by atoms with Crippen molar-refractivity contribution in [2.24, 2.45) is 59.2 Å². The van der Waals surface area contributed by atoms with E-state index in [4.69, 9.17) is 0 Å². The van der Waals surface area contributed by atoms with Crippen LogP contribution in [0.4, 0.5) is 0 Å². The van der Waals surface area contributed by atoms with Gasteiger partial charge < -0.3 is 0 Å². The summed E-state index contributed by atoms with van der Waals surface area (Å²) in [6, 6.07) is 0. The zero-order valence-corrected chi connectivity index (χ0v) is 11.8. The Morgan fingerprint density at radius 1 is 0.556 bits per heavy atom. The molecule has 4 fully saturated rings. The normalized spacial score (nSPS) is 67.4. The van der Waals surface area contributed by atoms with E-state index in [1.807, 2.05) is 0 Å². The van der Waals surface area contributed by atoms with E-state index in [1.165, 1.54) is 6.42 Å². The maximum atomic E-state index is 2.57. The first kappa shape index (κ1) is 10.5. The first-order valence-corrected chi connectivity index (χ1v) is 8.42. The van der Waals surface area contributed by atoms with Crippen LogP contribution in [0.15, 0.2) is 12.2 Å². The quantitative estimate of drug-likeness (QED) is 0.553. The number of allylic oxidation sites excluding steroid dienone is 2. The highest BCUT2D eigenvalue weighted by Crippen LogP contribution is 2.67. The third-order valence-electron chi connectivity index (χ3n) is 8.26. The lowest BCUT2D eigenvalue weighted by atomic mass is 9.58. The van der Waals surface area contributed by atoms with Crippen LogP contribution in [0.3, 0.4) is 0 Å². The van der Waals surface area contributed by atoms with E-state index in [2.05, 4.69) is 26.0 Å². The first-order chi connectivity index (χ1) is 8.74. The number of hydrogen-bond acceptors (Lipinski definition) is 0. The van der Waals surface area contributed by atoms with Crippen molar-refractivity contribution >= 4 is 0 Å². The third kappa shape index (κ3) is 1.06. The van der Waals surface area contributed by atoms with Gasteiger partial charge >= 0.3 is 0 Å². The molecular formula is C18H26.